The van der Waals surface area contributed by atoms with Gasteiger partial charge in [0.2, 0.25) is 15.3 Å². The number of fused-ring (bicyclic) bond motifs is 1. The van der Waals surface area contributed by atoms with Gasteiger partial charge in [0.05, 0.1) is 11.6 Å². The highest BCUT2D eigenvalue weighted by Gasteiger charge is 2.07. The van der Waals surface area contributed by atoms with Crippen LogP contribution in [0, 0.1) is 0 Å². The molecule has 0 spiro atoms. The van der Waals surface area contributed by atoms with Crippen molar-refractivity contribution in [2.75, 3.05) is 24.7 Å². The number of sulfonamides is 1. The van der Waals surface area contributed by atoms with E-state index in [0.717, 1.165) is 16.5 Å². The van der Waals surface area contributed by atoms with Crippen molar-refractivity contribution in [2.45, 2.75) is 0 Å². The molecule has 0 aliphatic heterocycles. The molecular formula is C9H11ClN4O2S2. The van der Waals surface area contributed by atoms with Crippen molar-refractivity contribution in [2.24, 2.45) is 0 Å². The molecule has 0 bridgehead atoms. The topological polar surface area (TPSA) is 84.0 Å². The standard InChI is InChI=1S/C9H11ClN4O2S2/c1-18(15,16)12-4-3-11-7-6-2-5-17-8(6)14-9(10)13-7/h2,5,12H,3-4H2,1H3,(H,11,13,14). The first-order valence-electron chi connectivity index (χ1n) is 5.05. The highest BCUT2D eigenvalue weighted by atomic mass is 35.5. The van der Waals surface area contributed by atoms with E-state index in [1.165, 1.54) is 11.3 Å². The van der Waals surface area contributed by atoms with Gasteiger partial charge in [-0.15, -0.1) is 11.3 Å². The third kappa shape index (κ3) is 3.52. The van der Waals surface area contributed by atoms with Crippen molar-refractivity contribution in [3.05, 3.63) is 16.7 Å². The molecule has 0 amide bonds. The fourth-order valence-electron chi connectivity index (χ4n) is 1.38. The summed E-state index contributed by atoms with van der Waals surface area (Å²) >= 11 is 7.27. The van der Waals surface area contributed by atoms with Gasteiger partial charge in [-0.2, -0.15) is 0 Å². The van der Waals surface area contributed by atoms with Crippen LogP contribution >= 0.6 is 22.9 Å². The molecule has 98 valence electrons. The molecule has 0 radical (unpaired) electrons. The summed E-state index contributed by atoms with van der Waals surface area (Å²) in [5, 5.41) is 5.98. The lowest BCUT2D eigenvalue weighted by Crippen LogP contribution is -2.27. The van der Waals surface area contributed by atoms with Crippen LogP contribution in [-0.2, 0) is 10.0 Å². The third-order valence-corrected chi connectivity index (χ3v) is 3.78. The molecular weight excluding hydrogens is 296 g/mol. The minimum atomic E-state index is -3.17. The molecule has 2 aromatic heterocycles. The largest absolute Gasteiger partial charge is 0.368 e. The van der Waals surface area contributed by atoms with Crippen LogP contribution in [0.1, 0.15) is 0 Å². The molecule has 0 saturated carbocycles. The molecule has 0 aromatic carbocycles. The van der Waals surface area contributed by atoms with Gasteiger partial charge in [-0.1, -0.05) is 0 Å². The molecule has 18 heavy (non-hydrogen) atoms. The summed E-state index contributed by atoms with van der Waals surface area (Å²) in [7, 11) is -3.17. The van der Waals surface area contributed by atoms with Gasteiger partial charge in [-0.05, 0) is 23.0 Å². The summed E-state index contributed by atoms with van der Waals surface area (Å²) in [6, 6.07) is 1.89. The number of hydrogen-bond donors (Lipinski definition) is 2. The van der Waals surface area contributed by atoms with Gasteiger partial charge in [0.1, 0.15) is 10.6 Å². The fraction of sp³-hybridized carbons (Fsp3) is 0.333. The van der Waals surface area contributed by atoms with Gasteiger partial charge < -0.3 is 5.32 Å². The number of aromatic nitrogens is 2. The van der Waals surface area contributed by atoms with Crippen molar-refractivity contribution < 1.29 is 8.42 Å². The van der Waals surface area contributed by atoms with E-state index in [4.69, 9.17) is 11.6 Å². The predicted molar refractivity (Wildman–Crippen MR) is 73.8 cm³/mol. The van der Waals surface area contributed by atoms with Crippen molar-refractivity contribution in [1.29, 1.82) is 0 Å². The molecule has 2 rings (SSSR count). The van der Waals surface area contributed by atoms with E-state index in [0.29, 0.717) is 12.4 Å². The van der Waals surface area contributed by atoms with Crippen LogP contribution in [0.4, 0.5) is 5.82 Å². The molecule has 0 fully saturated rings. The van der Waals surface area contributed by atoms with Crippen molar-refractivity contribution in [3.63, 3.8) is 0 Å². The highest BCUT2D eigenvalue weighted by molar-refractivity contribution is 7.88. The zero-order chi connectivity index (χ0) is 13.2. The van der Waals surface area contributed by atoms with Crippen LogP contribution in [0.15, 0.2) is 11.4 Å². The van der Waals surface area contributed by atoms with Gasteiger partial charge in [0.15, 0.2) is 0 Å². The first-order chi connectivity index (χ1) is 8.46. The minimum absolute atomic E-state index is 0.170. The van der Waals surface area contributed by atoms with E-state index in [2.05, 4.69) is 20.0 Å². The molecule has 0 saturated heterocycles. The number of thiophene rings is 1. The Morgan fingerprint density at radius 2 is 2.17 bits per heavy atom. The van der Waals surface area contributed by atoms with E-state index >= 15 is 0 Å². The number of nitrogens with one attached hydrogen (secondary N) is 2. The lowest BCUT2D eigenvalue weighted by Gasteiger charge is -2.07. The summed E-state index contributed by atoms with van der Waals surface area (Å²) in [5.74, 6) is 0.613. The first kappa shape index (κ1) is 13.5. The highest BCUT2D eigenvalue weighted by Crippen LogP contribution is 2.25. The number of hydrogen-bond acceptors (Lipinski definition) is 6. The van der Waals surface area contributed by atoms with Gasteiger partial charge in [-0.3, -0.25) is 0 Å². The molecule has 0 unspecified atom stereocenters. The smallest absolute Gasteiger partial charge is 0.225 e. The van der Waals surface area contributed by atoms with Crippen LogP contribution in [0.5, 0.6) is 0 Å². The van der Waals surface area contributed by atoms with E-state index in [1.54, 1.807) is 0 Å². The Morgan fingerprint density at radius 1 is 1.39 bits per heavy atom. The van der Waals surface area contributed by atoms with Gasteiger partial charge >= 0.3 is 0 Å². The number of rotatable bonds is 5. The molecule has 6 nitrogen and oxygen atoms in total. The van der Waals surface area contributed by atoms with Crippen LogP contribution in [0.3, 0.4) is 0 Å². The van der Waals surface area contributed by atoms with Crippen LogP contribution in [0.25, 0.3) is 10.2 Å². The lowest BCUT2D eigenvalue weighted by molar-refractivity contribution is 0.589. The van der Waals surface area contributed by atoms with Crippen molar-refractivity contribution >= 4 is 49.0 Å². The molecule has 9 heteroatoms. The van der Waals surface area contributed by atoms with E-state index in [1.807, 2.05) is 11.4 Å². The molecule has 0 aliphatic rings. The Morgan fingerprint density at radius 3 is 2.89 bits per heavy atom. The minimum Gasteiger partial charge on any atom is -0.368 e. The van der Waals surface area contributed by atoms with Crippen LogP contribution in [-0.4, -0.2) is 37.7 Å². The Labute approximate surface area is 113 Å². The predicted octanol–water partition coefficient (Wildman–Crippen LogP) is 1.31. The van der Waals surface area contributed by atoms with Gasteiger partial charge in [-0.25, -0.2) is 23.1 Å². The van der Waals surface area contributed by atoms with Crippen molar-refractivity contribution in [1.82, 2.24) is 14.7 Å². The number of halogens is 1. The summed E-state index contributed by atoms with van der Waals surface area (Å²) in [5.41, 5.74) is 0. The average Bonchev–Trinajstić information content (AvgIpc) is 2.70. The lowest BCUT2D eigenvalue weighted by atomic mass is 10.4. The van der Waals surface area contributed by atoms with E-state index < -0.39 is 10.0 Å². The van der Waals surface area contributed by atoms with E-state index in [-0.39, 0.29) is 11.8 Å². The number of nitrogens with zero attached hydrogens (tertiary/aromatic N) is 2. The molecule has 0 aliphatic carbocycles. The fourth-order valence-corrected chi connectivity index (χ4v) is 2.84. The van der Waals surface area contributed by atoms with E-state index in [9.17, 15) is 8.42 Å². The van der Waals surface area contributed by atoms with Crippen LogP contribution in [0.2, 0.25) is 5.28 Å². The zero-order valence-electron chi connectivity index (χ0n) is 9.47. The summed E-state index contributed by atoms with van der Waals surface area (Å²) in [4.78, 5) is 8.96. The summed E-state index contributed by atoms with van der Waals surface area (Å²) < 4.78 is 24.2. The Balaban J connectivity index is 2.05. The molecule has 2 N–H and O–H groups in total. The zero-order valence-corrected chi connectivity index (χ0v) is 11.9. The summed E-state index contributed by atoms with van der Waals surface area (Å²) in [6.07, 6.45) is 1.12. The molecule has 2 heterocycles. The van der Waals surface area contributed by atoms with Crippen molar-refractivity contribution in [3.8, 4) is 0 Å². The first-order valence-corrected chi connectivity index (χ1v) is 8.20. The number of anilines is 1. The molecule has 0 atom stereocenters. The molecule has 2 aromatic rings. The SMILES string of the molecule is CS(=O)(=O)NCCNc1nc(Cl)nc2sccc12. The Bertz CT molecular complexity index is 656. The summed E-state index contributed by atoms with van der Waals surface area (Å²) in [6.45, 7) is 0.706. The Hall–Kier alpha value is -0.960. The third-order valence-electron chi connectivity index (χ3n) is 2.08. The second-order valence-electron chi connectivity index (χ2n) is 3.57. The maximum absolute atomic E-state index is 10.9. The Kier molecular flexibility index (Phi) is 4.00. The quantitative estimate of drug-likeness (QED) is 0.642. The second-order valence-corrected chi connectivity index (χ2v) is 6.64. The van der Waals surface area contributed by atoms with Gasteiger partial charge in [0, 0.05) is 13.1 Å². The maximum atomic E-state index is 10.9. The monoisotopic (exact) mass is 306 g/mol. The second kappa shape index (κ2) is 5.35. The van der Waals surface area contributed by atoms with Crippen LogP contribution < -0.4 is 10.0 Å². The normalized spacial score (nSPS) is 11.9. The average molecular weight is 307 g/mol. The maximum Gasteiger partial charge on any atom is 0.225 e. The van der Waals surface area contributed by atoms with Gasteiger partial charge in [0.25, 0.3) is 0 Å².